The molecule has 2 aliphatic heterocycles. The van der Waals surface area contributed by atoms with Crippen molar-refractivity contribution >= 4 is 17.4 Å². The Balaban J connectivity index is 1.41. The number of rotatable bonds is 4. The minimum atomic E-state index is -0.425. The maximum Gasteiger partial charge on any atom is 0.274 e. The highest BCUT2D eigenvalue weighted by Crippen LogP contribution is 2.32. The number of carbonyl (C=O) groups excluding carboxylic acids is 1. The van der Waals surface area contributed by atoms with E-state index in [1.54, 1.807) is 6.07 Å². The summed E-state index contributed by atoms with van der Waals surface area (Å²) in [6.45, 7) is 7.15. The van der Waals surface area contributed by atoms with Gasteiger partial charge >= 0.3 is 0 Å². The molecule has 2 aromatic rings. The Kier molecular flexibility index (Phi) is 5.28. The molecule has 1 N–H and O–H groups in total. The summed E-state index contributed by atoms with van der Waals surface area (Å²) in [6.07, 6.45) is 3.03. The second-order valence-electron chi connectivity index (χ2n) is 7.59. The van der Waals surface area contributed by atoms with Gasteiger partial charge in [0, 0.05) is 37.7 Å². The van der Waals surface area contributed by atoms with Crippen molar-refractivity contribution in [1.82, 2.24) is 9.97 Å². The lowest BCUT2D eigenvalue weighted by atomic mass is 10.0. The van der Waals surface area contributed by atoms with E-state index in [9.17, 15) is 4.79 Å². The molecule has 0 bridgehead atoms. The van der Waals surface area contributed by atoms with Gasteiger partial charge in [-0.3, -0.25) is 4.79 Å². The van der Waals surface area contributed by atoms with Crippen molar-refractivity contribution in [3.05, 3.63) is 47.9 Å². The minimum Gasteiger partial charge on any atom is -0.356 e. The largest absolute Gasteiger partial charge is 0.356 e. The van der Waals surface area contributed by atoms with Gasteiger partial charge in [0.05, 0.1) is 13.2 Å². The van der Waals surface area contributed by atoms with Crippen LogP contribution in [0.3, 0.4) is 0 Å². The molecule has 0 radical (unpaired) electrons. The molecule has 1 aromatic heterocycles. The van der Waals surface area contributed by atoms with Gasteiger partial charge in [-0.05, 0) is 23.6 Å². The Morgan fingerprint density at radius 3 is 2.43 bits per heavy atom. The van der Waals surface area contributed by atoms with E-state index >= 15 is 0 Å². The summed E-state index contributed by atoms with van der Waals surface area (Å²) in [7, 11) is 0. The standard InChI is InChI=1S/C21H26N4O3/c1-15(2)16-3-5-17(6-4-16)24-20(26)18-13-19(23-14-22-18)25-9-7-21(8-10-25)27-11-12-28-21/h3-6,13-15H,7-12H2,1-2H3,(H,24,26). The Hall–Kier alpha value is -2.51. The van der Waals surface area contributed by atoms with Crippen LogP contribution in [-0.2, 0) is 9.47 Å². The van der Waals surface area contributed by atoms with Gasteiger partial charge in [0.25, 0.3) is 5.91 Å². The number of aromatic nitrogens is 2. The van der Waals surface area contributed by atoms with Gasteiger partial charge in [-0.25, -0.2) is 9.97 Å². The monoisotopic (exact) mass is 382 g/mol. The molecule has 1 aromatic carbocycles. The molecular formula is C21H26N4O3. The third-order valence-electron chi connectivity index (χ3n) is 5.38. The van der Waals surface area contributed by atoms with Crippen LogP contribution in [0, 0.1) is 0 Å². The van der Waals surface area contributed by atoms with Crippen molar-refractivity contribution in [3.63, 3.8) is 0 Å². The first-order valence-corrected chi connectivity index (χ1v) is 9.81. The van der Waals surface area contributed by atoms with E-state index in [0.29, 0.717) is 24.8 Å². The lowest BCUT2D eigenvalue weighted by Gasteiger charge is -2.38. The van der Waals surface area contributed by atoms with E-state index in [1.165, 1.54) is 11.9 Å². The first-order valence-electron chi connectivity index (χ1n) is 9.81. The van der Waals surface area contributed by atoms with Crippen LogP contribution in [0.25, 0.3) is 0 Å². The molecule has 2 saturated heterocycles. The van der Waals surface area contributed by atoms with Gasteiger partial charge in [-0.1, -0.05) is 26.0 Å². The average molecular weight is 382 g/mol. The topological polar surface area (TPSA) is 76.6 Å². The summed E-state index contributed by atoms with van der Waals surface area (Å²) in [6, 6.07) is 9.64. The van der Waals surface area contributed by atoms with Crippen molar-refractivity contribution in [2.45, 2.75) is 38.4 Å². The summed E-state index contributed by atoms with van der Waals surface area (Å²) in [5, 5.41) is 2.91. The fourth-order valence-electron chi connectivity index (χ4n) is 3.65. The van der Waals surface area contributed by atoms with Crippen molar-refractivity contribution in [2.24, 2.45) is 0 Å². The van der Waals surface area contributed by atoms with Crippen LogP contribution in [0.2, 0.25) is 0 Å². The van der Waals surface area contributed by atoms with Crippen LogP contribution in [-0.4, -0.2) is 48.0 Å². The van der Waals surface area contributed by atoms with Crippen molar-refractivity contribution in [3.8, 4) is 0 Å². The van der Waals surface area contributed by atoms with E-state index < -0.39 is 5.79 Å². The van der Waals surface area contributed by atoms with E-state index in [2.05, 4.69) is 34.0 Å². The Labute approximate surface area is 165 Å². The van der Waals surface area contributed by atoms with Gasteiger partial charge < -0.3 is 19.7 Å². The number of amides is 1. The molecular weight excluding hydrogens is 356 g/mol. The molecule has 7 nitrogen and oxygen atoms in total. The molecule has 0 atom stereocenters. The number of nitrogens with zero attached hydrogens (tertiary/aromatic N) is 3. The first kappa shape index (κ1) is 18.8. The zero-order valence-electron chi connectivity index (χ0n) is 16.4. The number of nitrogens with one attached hydrogen (secondary N) is 1. The highest BCUT2D eigenvalue weighted by molar-refractivity contribution is 6.03. The highest BCUT2D eigenvalue weighted by Gasteiger charge is 2.40. The van der Waals surface area contributed by atoms with Crippen molar-refractivity contribution in [1.29, 1.82) is 0 Å². The van der Waals surface area contributed by atoms with Crippen LogP contribution in [0.15, 0.2) is 36.7 Å². The van der Waals surface area contributed by atoms with Crippen molar-refractivity contribution in [2.75, 3.05) is 36.5 Å². The quantitative estimate of drug-likeness (QED) is 0.875. The third kappa shape index (κ3) is 4.00. The van der Waals surface area contributed by atoms with Crippen molar-refractivity contribution < 1.29 is 14.3 Å². The summed E-state index contributed by atoms with van der Waals surface area (Å²) >= 11 is 0. The molecule has 2 fully saturated rings. The van der Waals surface area contributed by atoms with Gasteiger partial charge in [0.1, 0.15) is 17.8 Å². The second kappa shape index (κ2) is 7.85. The van der Waals surface area contributed by atoms with Crippen LogP contribution < -0.4 is 10.2 Å². The lowest BCUT2D eigenvalue weighted by Crippen LogP contribution is -2.45. The molecule has 0 unspecified atom stereocenters. The van der Waals surface area contributed by atoms with E-state index in [1.807, 2.05) is 24.3 Å². The Morgan fingerprint density at radius 2 is 1.79 bits per heavy atom. The summed E-state index contributed by atoms with van der Waals surface area (Å²) in [5.41, 5.74) is 2.34. The minimum absolute atomic E-state index is 0.239. The van der Waals surface area contributed by atoms with E-state index in [0.717, 1.165) is 37.4 Å². The van der Waals surface area contributed by atoms with Gasteiger partial charge in [0.15, 0.2) is 5.79 Å². The van der Waals surface area contributed by atoms with Crippen LogP contribution >= 0.6 is 0 Å². The lowest BCUT2D eigenvalue weighted by molar-refractivity contribution is -0.169. The fourth-order valence-corrected chi connectivity index (χ4v) is 3.65. The fraction of sp³-hybridized carbons (Fsp3) is 0.476. The Bertz CT molecular complexity index is 822. The van der Waals surface area contributed by atoms with Crippen LogP contribution in [0.1, 0.15) is 48.7 Å². The van der Waals surface area contributed by atoms with Gasteiger partial charge in [0.2, 0.25) is 0 Å². The molecule has 148 valence electrons. The number of ether oxygens (including phenoxy) is 2. The van der Waals surface area contributed by atoms with Gasteiger partial charge in [-0.2, -0.15) is 0 Å². The number of hydrogen-bond acceptors (Lipinski definition) is 6. The molecule has 2 aliphatic rings. The zero-order chi connectivity index (χ0) is 19.6. The maximum atomic E-state index is 12.6. The predicted octanol–water partition coefficient (Wildman–Crippen LogP) is 3.20. The average Bonchev–Trinajstić information content (AvgIpc) is 3.17. The molecule has 3 heterocycles. The molecule has 28 heavy (non-hydrogen) atoms. The Morgan fingerprint density at radius 1 is 1.11 bits per heavy atom. The molecule has 1 amide bonds. The maximum absolute atomic E-state index is 12.6. The molecule has 0 aliphatic carbocycles. The summed E-state index contributed by atoms with van der Waals surface area (Å²) in [5.74, 6) is 0.546. The normalized spacial score (nSPS) is 18.6. The van der Waals surface area contributed by atoms with E-state index in [4.69, 9.17) is 9.47 Å². The molecule has 4 rings (SSSR count). The molecule has 7 heteroatoms. The summed E-state index contributed by atoms with van der Waals surface area (Å²) in [4.78, 5) is 23.3. The zero-order valence-corrected chi connectivity index (χ0v) is 16.4. The molecule has 1 spiro atoms. The van der Waals surface area contributed by atoms with Crippen LogP contribution in [0.4, 0.5) is 11.5 Å². The van der Waals surface area contributed by atoms with E-state index in [-0.39, 0.29) is 5.91 Å². The number of carbonyl (C=O) groups is 1. The third-order valence-corrected chi connectivity index (χ3v) is 5.38. The second-order valence-corrected chi connectivity index (χ2v) is 7.59. The number of hydrogen-bond donors (Lipinski definition) is 1. The first-order chi connectivity index (χ1) is 13.5. The van der Waals surface area contributed by atoms with Crippen LogP contribution in [0.5, 0.6) is 0 Å². The smallest absolute Gasteiger partial charge is 0.274 e. The highest BCUT2D eigenvalue weighted by atomic mass is 16.7. The SMILES string of the molecule is CC(C)c1ccc(NC(=O)c2cc(N3CCC4(CC3)OCCO4)ncn2)cc1. The predicted molar refractivity (Wildman–Crippen MR) is 107 cm³/mol. The number of piperidine rings is 1. The van der Waals surface area contributed by atoms with Gasteiger partial charge in [-0.15, -0.1) is 0 Å². The summed E-state index contributed by atoms with van der Waals surface area (Å²) < 4.78 is 11.5. The molecule has 0 saturated carbocycles. The number of benzene rings is 1. The number of anilines is 2.